The van der Waals surface area contributed by atoms with Gasteiger partial charge in [0.2, 0.25) is 0 Å². The van der Waals surface area contributed by atoms with Crippen LogP contribution in [0.1, 0.15) is 25.3 Å². The molecular formula is C14H18FN3. The van der Waals surface area contributed by atoms with E-state index in [-0.39, 0.29) is 5.56 Å². The molecule has 0 unspecified atom stereocenters. The Morgan fingerprint density at radius 1 is 1.50 bits per heavy atom. The minimum absolute atomic E-state index is 0.0914. The van der Waals surface area contributed by atoms with Crippen LogP contribution >= 0.6 is 0 Å². The van der Waals surface area contributed by atoms with Crippen molar-refractivity contribution in [2.24, 2.45) is 0 Å². The Hall–Kier alpha value is -1.60. The van der Waals surface area contributed by atoms with Crippen LogP contribution in [0, 0.1) is 17.1 Å². The zero-order valence-electron chi connectivity index (χ0n) is 10.6. The van der Waals surface area contributed by atoms with E-state index in [1.165, 1.54) is 25.0 Å². The number of nitrogens with zero attached hydrogens (tertiary/aromatic N) is 2. The molecule has 1 aliphatic rings. The van der Waals surface area contributed by atoms with E-state index in [1.54, 1.807) is 6.07 Å². The number of benzene rings is 1. The maximum atomic E-state index is 13.4. The first-order valence-electron chi connectivity index (χ1n) is 6.42. The topological polar surface area (TPSA) is 39.1 Å². The van der Waals surface area contributed by atoms with E-state index in [2.05, 4.69) is 17.1 Å². The molecule has 1 aromatic rings. The molecule has 0 aromatic heterocycles. The number of hydrogen-bond donors (Lipinski definition) is 1. The fourth-order valence-electron chi connectivity index (χ4n) is 2.10. The first-order valence-corrected chi connectivity index (χ1v) is 6.42. The molecule has 96 valence electrons. The highest BCUT2D eigenvalue weighted by atomic mass is 19.1. The van der Waals surface area contributed by atoms with Gasteiger partial charge in [-0.1, -0.05) is 6.92 Å². The third-order valence-electron chi connectivity index (χ3n) is 3.29. The van der Waals surface area contributed by atoms with E-state index in [9.17, 15) is 4.39 Å². The van der Waals surface area contributed by atoms with E-state index in [1.807, 2.05) is 6.07 Å². The predicted molar refractivity (Wildman–Crippen MR) is 69.9 cm³/mol. The standard InChI is InChI=1S/C14H18FN3/c1-2-18(13-5-6-13)8-7-17-12-4-3-11(10-16)14(15)9-12/h3-4,9,13,17H,2,5-8H2,1H3. The Morgan fingerprint density at radius 2 is 2.28 bits per heavy atom. The van der Waals surface area contributed by atoms with Gasteiger partial charge in [0.25, 0.3) is 0 Å². The molecule has 18 heavy (non-hydrogen) atoms. The van der Waals surface area contributed by atoms with Gasteiger partial charge in [-0.2, -0.15) is 5.26 Å². The number of nitriles is 1. The summed E-state index contributed by atoms with van der Waals surface area (Å²) < 4.78 is 13.4. The van der Waals surface area contributed by atoms with Crippen LogP contribution in [0.15, 0.2) is 18.2 Å². The molecule has 0 heterocycles. The minimum Gasteiger partial charge on any atom is -0.384 e. The summed E-state index contributed by atoms with van der Waals surface area (Å²) in [5, 5.41) is 11.8. The summed E-state index contributed by atoms with van der Waals surface area (Å²) in [5.41, 5.74) is 0.826. The van der Waals surface area contributed by atoms with Crippen LogP contribution in [0.5, 0.6) is 0 Å². The number of halogens is 1. The molecule has 0 atom stereocenters. The minimum atomic E-state index is -0.461. The summed E-state index contributed by atoms with van der Waals surface area (Å²) in [4.78, 5) is 2.44. The number of rotatable bonds is 6. The number of hydrogen-bond acceptors (Lipinski definition) is 3. The van der Waals surface area contributed by atoms with Gasteiger partial charge in [0.05, 0.1) is 5.56 Å². The smallest absolute Gasteiger partial charge is 0.143 e. The summed E-state index contributed by atoms with van der Waals surface area (Å²) in [5.74, 6) is -0.461. The SMILES string of the molecule is CCN(CCNc1ccc(C#N)c(F)c1)C1CC1. The summed E-state index contributed by atoms with van der Waals surface area (Å²) in [6, 6.07) is 7.21. The summed E-state index contributed by atoms with van der Waals surface area (Å²) in [6.45, 7) is 5.01. The maximum Gasteiger partial charge on any atom is 0.143 e. The molecule has 1 N–H and O–H groups in total. The molecule has 0 amide bonds. The van der Waals surface area contributed by atoms with Crippen molar-refractivity contribution in [2.75, 3.05) is 25.0 Å². The van der Waals surface area contributed by atoms with Gasteiger partial charge < -0.3 is 5.32 Å². The molecule has 0 radical (unpaired) electrons. The quantitative estimate of drug-likeness (QED) is 0.839. The lowest BCUT2D eigenvalue weighted by Gasteiger charge is -2.20. The van der Waals surface area contributed by atoms with Crippen LogP contribution in [-0.2, 0) is 0 Å². The molecule has 0 spiro atoms. The van der Waals surface area contributed by atoms with Crippen molar-refractivity contribution < 1.29 is 4.39 Å². The van der Waals surface area contributed by atoms with Crippen molar-refractivity contribution in [1.29, 1.82) is 5.26 Å². The second-order valence-electron chi connectivity index (χ2n) is 4.59. The van der Waals surface area contributed by atoms with Crippen molar-refractivity contribution >= 4 is 5.69 Å². The first kappa shape index (κ1) is 12.8. The van der Waals surface area contributed by atoms with Crippen LogP contribution in [0.2, 0.25) is 0 Å². The predicted octanol–water partition coefficient (Wildman–Crippen LogP) is 2.59. The molecular weight excluding hydrogens is 229 g/mol. The maximum absolute atomic E-state index is 13.4. The van der Waals surface area contributed by atoms with E-state index in [4.69, 9.17) is 5.26 Å². The molecule has 0 aliphatic heterocycles. The highest BCUT2D eigenvalue weighted by molar-refractivity contribution is 5.48. The fourth-order valence-corrected chi connectivity index (χ4v) is 2.10. The Kier molecular flexibility index (Phi) is 4.16. The van der Waals surface area contributed by atoms with Crippen LogP contribution in [0.3, 0.4) is 0 Å². The van der Waals surface area contributed by atoms with Gasteiger partial charge in [0.1, 0.15) is 11.9 Å². The van der Waals surface area contributed by atoms with Crippen LogP contribution in [0.25, 0.3) is 0 Å². The largest absolute Gasteiger partial charge is 0.384 e. The Labute approximate surface area is 107 Å². The van der Waals surface area contributed by atoms with Gasteiger partial charge in [-0.05, 0) is 37.6 Å². The number of nitrogens with one attached hydrogen (secondary N) is 1. The normalized spacial score (nSPS) is 14.6. The fraction of sp³-hybridized carbons (Fsp3) is 0.500. The monoisotopic (exact) mass is 247 g/mol. The van der Waals surface area contributed by atoms with Gasteiger partial charge in [-0.15, -0.1) is 0 Å². The number of likely N-dealkylation sites (N-methyl/N-ethyl adjacent to an activating group) is 1. The summed E-state index contributed by atoms with van der Waals surface area (Å²) in [7, 11) is 0. The van der Waals surface area contributed by atoms with Crippen LogP contribution in [0.4, 0.5) is 10.1 Å². The second kappa shape index (κ2) is 5.83. The van der Waals surface area contributed by atoms with E-state index in [0.717, 1.165) is 31.4 Å². The van der Waals surface area contributed by atoms with Gasteiger partial charge in [0, 0.05) is 24.8 Å². The van der Waals surface area contributed by atoms with E-state index >= 15 is 0 Å². The van der Waals surface area contributed by atoms with Crippen LogP contribution < -0.4 is 5.32 Å². The third-order valence-corrected chi connectivity index (χ3v) is 3.29. The third kappa shape index (κ3) is 3.21. The van der Waals surface area contributed by atoms with Gasteiger partial charge >= 0.3 is 0 Å². The van der Waals surface area contributed by atoms with Gasteiger partial charge in [-0.25, -0.2) is 4.39 Å². The van der Waals surface area contributed by atoms with Crippen molar-refractivity contribution in [3.05, 3.63) is 29.6 Å². The zero-order chi connectivity index (χ0) is 13.0. The Balaban J connectivity index is 1.83. The number of anilines is 1. The van der Waals surface area contributed by atoms with Crippen molar-refractivity contribution in [3.8, 4) is 6.07 Å². The van der Waals surface area contributed by atoms with E-state index < -0.39 is 5.82 Å². The van der Waals surface area contributed by atoms with Gasteiger partial charge in [0.15, 0.2) is 0 Å². The zero-order valence-corrected chi connectivity index (χ0v) is 10.6. The lowest BCUT2D eigenvalue weighted by molar-refractivity contribution is 0.289. The molecule has 2 rings (SSSR count). The molecule has 1 fully saturated rings. The molecule has 1 aromatic carbocycles. The van der Waals surface area contributed by atoms with Crippen LogP contribution in [-0.4, -0.2) is 30.6 Å². The molecule has 0 saturated heterocycles. The average Bonchev–Trinajstić information content (AvgIpc) is 3.19. The average molecular weight is 247 g/mol. The Bertz CT molecular complexity index is 449. The van der Waals surface area contributed by atoms with Crippen molar-refractivity contribution in [1.82, 2.24) is 4.90 Å². The highest BCUT2D eigenvalue weighted by Gasteiger charge is 2.26. The van der Waals surface area contributed by atoms with E-state index in [0.29, 0.717) is 0 Å². The summed E-state index contributed by atoms with van der Waals surface area (Å²) in [6.07, 6.45) is 2.61. The van der Waals surface area contributed by atoms with Crippen molar-refractivity contribution in [2.45, 2.75) is 25.8 Å². The molecule has 4 heteroatoms. The molecule has 1 saturated carbocycles. The highest BCUT2D eigenvalue weighted by Crippen LogP contribution is 2.26. The van der Waals surface area contributed by atoms with Gasteiger partial charge in [-0.3, -0.25) is 4.90 Å². The molecule has 3 nitrogen and oxygen atoms in total. The van der Waals surface area contributed by atoms with Crippen molar-refractivity contribution in [3.63, 3.8) is 0 Å². The second-order valence-corrected chi connectivity index (χ2v) is 4.59. The Morgan fingerprint density at radius 3 is 2.83 bits per heavy atom. The molecule has 1 aliphatic carbocycles. The molecule has 0 bridgehead atoms. The lowest BCUT2D eigenvalue weighted by atomic mass is 10.2. The first-order chi connectivity index (χ1) is 8.74. The summed E-state index contributed by atoms with van der Waals surface area (Å²) >= 11 is 0. The lowest BCUT2D eigenvalue weighted by Crippen LogP contribution is -2.30.